The fourth-order valence-electron chi connectivity index (χ4n) is 1.60. The number of nitrogen functional groups attached to an aromatic ring is 1. The van der Waals surface area contributed by atoms with E-state index in [2.05, 4.69) is 25.3 Å². The second-order valence-corrected chi connectivity index (χ2v) is 3.93. The molecule has 2 aromatic rings. The van der Waals surface area contributed by atoms with E-state index in [1.54, 1.807) is 0 Å². The highest BCUT2D eigenvalue weighted by molar-refractivity contribution is 5.92. The van der Waals surface area contributed by atoms with Crippen LogP contribution in [0.5, 0.6) is 0 Å². The summed E-state index contributed by atoms with van der Waals surface area (Å²) in [7, 11) is 1.46. The molecule has 0 atom stereocenters. The van der Waals surface area contributed by atoms with Gasteiger partial charge in [-0.3, -0.25) is 0 Å². The van der Waals surface area contributed by atoms with E-state index in [0.717, 1.165) is 11.3 Å². The number of hydrogen-bond donors (Lipinski definition) is 2. The number of anilines is 3. The summed E-state index contributed by atoms with van der Waals surface area (Å²) in [5.41, 5.74) is 8.47. The average molecular weight is 257 g/mol. The van der Waals surface area contributed by atoms with Crippen LogP contribution in [0.4, 0.5) is 17.3 Å². The van der Waals surface area contributed by atoms with Gasteiger partial charge in [0.05, 0.1) is 11.8 Å². The monoisotopic (exact) mass is 257 g/mol. The second-order valence-electron chi connectivity index (χ2n) is 3.93. The van der Waals surface area contributed by atoms with Crippen molar-refractivity contribution in [3.05, 3.63) is 41.7 Å². The first-order valence-corrected chi connectivity index (χ1v) is 5.71. The number of nitrogens with zero attached hydrogens (tertiary/aromatic N) is 3. The standard InChI is InChI=1S/C13H15N5O/c1-9-4-3-5-10(6-9)18-13-11(7-17-19-2)12(14)15-8-16-13/h3-8H,1-2H3,(H3,14,15,16,18)/b17-7+. The first-order valence-electron chi connectivity index (χ1n) is 5.71. The maximum Gasteiger partial charge on any atom is 0.144 e. The first kappa shape index (κ1) is 12.8. The maximum atomic E-state index is 5.81. The zero-order valence-corrected chi connectivity index (χ0v) is 10.8. The van der Waals surface area contributed by atoms with E-state index in [0.29, 0.717) is 17.2 Å². The van der Waals surface area contributed by atoms with Crippen molar-refractivity contribution < 1.29 is 4.84 Å². The van der Waals surface area contributed by atoms with Crippen molar-refractivity contribution in [2.45, 2.75) is 6.92 Å². The lowest BCUT2D eigenvalue weighted by Gasteiger charge is -2.09. The van der Waals surface area contributed by atoms with Crippen LogP contribution in [0.25, 0.3) is 0 Å². The van der Waals surface area contributed by atoms with Gasteiger partial charge in [-0.15, -0.1) is 0 Å². The Hall–Kier alpha value is -2.63. The molecule has 3 N–H and O–H groups in total. The average Bonchev–Trinajstić information content (AvgIpc) is 2.38. The molecule has 1 aromatic heterocycles. The Morgan fingerprint density at radius 3 is 2.95 bits per heavy atom. The van der Waals surface area contributed by atoms with E-state index < -0.39 is 0 Å². The van der Waals surface area contributed by atoms with E-state index >= 15 is 0 Å². The summed E-state index contributed by atoms with van der Waals surface area (Å²) in [6.45, 7) is 2.02. The largest absolute Gasteiger partial charge is 0.399 e. The van der Waals surface area contributed by atoms with Crippen molar-refractivity contribution in [1.82, 2.24) is 9.97 Å². The zero-order valence-electron chi connectivity index (χ0n) is 10.8. The van der Waals surface area contributed by atoms with Gasteiger partial charge in [0.15, 0.2) is 0 Å². The fraction of sp³-hybridized carbons (Fsp3) is 0.154. The number of hydrogen-bond acceptors (Lipinski definition) is 6. The Kier molecular flexibility index (Phi) is 3.92. The molecule has 19 heavy (non-hydrogen) atoms. The third kappa shape index (κ3) is 3.19. The molecule has 98 valence electrons. The van der Waals surface area contributed by atoms with Crippen LogP contribution in [0, 0.1) is 6.92 Å². The summed E-state index contributed by atoms with van der Waals surface area (Å²) >= 11 is 0. The lowest BCUT2D eigenvalue weighted by atomic mass is 10.2. The van der Waals surface area contributed by atoms with Gasteiger partial charge in [-0.25, -0.2) is 9.97 Å². The van der Waals surface area contributed by atoms with Crippen molar-refractivity contribution in [3.8, 4) is 0 Å². The van der Waals surface area contributed by atoms with Gasteiger partial charge in [0.25, 0.3) is 0 Å². The van der Waals surface area contributed by atoms with Gasteiger partial charge in [0.2, 0.25) is 0 Å². The van der Waals surface area contributed by atoms with Crippen molar-refractivity contribution in [2.24, 2.45) is 5.16 Å². The van der Waals surface area contributed by atoms with Crippen LogP contribution in [0.15, 0.2) is 35.7 Å². The Labute approximate surface area is 111 Å². The highest BCUT2D eigenvalue weighted by Gasteiger charge is 2.07. The Balaban J connectivity index is 2.34. The minimum Gasteiger partial charge on any atom is -0.399 e. The summed E-state index contributed by atoms with van der Waals surface area (Å²) < 4.78 is 0. The smallest absolute Gasteiger partial charge is 0.144 e. The summed E-state index contributed by atoms with van der Waals surface area (Å²) in [6, 6.07) is 7.94. The van der Waals surface area contributed by atoms with E-state index in [1.165, 1.54) is 19.7 Å². The lowest BCUT2D eigenvalue weighted by molar-refractivity contribution is 0.215. The zero-order chi connectivity index (χ0) is 13.7. The minimum atomic E-state index is 0.339. The van der Waals surface area contributed by atoms with E-state index in [9.17, 15) is 0 Å². The molecule has 0 bridgehead atoms. The highest BCUT2D eigenvalue weighted by Crippen LogP contribution is 2.20. The van der Waals surface area contributed by atoms with Gasteiger partial charge < -0.3 is 15.9 Å². The van der Waals surface area contributed by atoms with Gasteiger partial charge in [-0.2, -0.15) is 0 Å². The highest BCUT2D eigenvalue weighted by atomic mass is 16.6. The molecule has 0 amide bonds. The van der Waals surface area contributed by atoms with Gasteiger partial charge >= 0.3 is 0 Å². The third-order valence-corrected chi connectivity index (χ3v) is 2.48. The Bertz CT molecular complexity index is 597. The Morgan fingerprint density at radius 2 is 2.21 bits per heavy atom. The number of benzene rings is 1. The van der Waals surface area contributed by atoms with Crippen LogP contribution in [0.3, 0.4) is 0 Å². The quantitative estimate of drug-likeness (QED) is 0.647. The number of oxime groups is 1. The van der Waals surface area contributed by atoms with Gasteiger partial charge in [0, 0.05) is 5.69 Å². The summed E-state index contributed by atoms with van der Waals surface area (Å²) in [5, 5.41) is 6.88. The molecule has 0 unspecified atom stereocenters. The van der Waals surface area contributed by atoms with E-state index in [4.69, 9.17) is 5.73 Å². The third-order valence-electron chi connectivity index (χ3n) is 2.48. The molecule has 0 saturated carbocycles. The van der Waals surface area contributed by atoms with Crippen molar-refractivity contribution in [1.29, 1.82) is 0 Å². The van der Waals surface area contributed by atoms with Crippen molar-refractivity contribution in [3.63, 3.8) is 0 Å². The normalized spacial score (nSPS) is 10.6. The topological polar surface area (TPSA) is 85.4 Å². The molecular weight excluding hydrogens is 242 g/mol. The molecule has 0 aliphatic heterocycles. The SMILES string of the molecule is CO/N=C/c1c(N)ncnc1Nc1cccc(C)c1. The van der Waals surface area contributed by atoms with Gasteiger partial charge in [-0.05, 0) is 24.6 Å². The van der Waals surface area contributed by atoms with Gasteiger partial charge in [0.1, 0.15) is 25.1 Å². The number of aryl methyl sites for hydroxylation is 1. The molecule has 2 rings (SSSR count). The first-order chi connectivity index (χ1) is 9.20. The molecule has 6 nitrogen and oxygen atoms in total. The summed E-state index contributed by atoms with van der Waals surface area (Å²) in [5.74, 6) is 0.921. The molecule has 0 spiro atoms. The van der Waals surface area contributed by atoms with Crippen LogP contribution in [0.1, 0.15) is 11.1 Å². The number of nitrogens with two attached hydrogens (primary N) is 1. The van der Waals surface area contributed by atoms with Crippen LogP contribution in [-0.2, 0) is 4.84 Å². The van der Waals surface area contributed by atoms with Crippen LogP contribution in [-0.4, -0.2) is 23.3 Å². The lowest BCUT2D eigenvalue weighted by Crippen LogP contribution is -2.05. The predicted octanol–water partition coefficient (Wildman–Crippen LogP) is 2.09. The van der Waals surface area contributed by atoms with Crippen LogP contribution >= 0.6 is 0 Å². The van der Waals surface area contributed by atoms with E-state index in [-0.39, 0.29) is 0 Å². The van der Waals surface area contributed by atoms with Gasteiger partial charge in [-0.1, -0.05) is 17.3 Å². The molecule has 0 aliphatic rings. The summed E-state index contributed by atoms with van der Waals surface area (Å²) in [6.07, 6.45) is 2.88. The van der Waals surface area contributed by atoms with Crippen LogP contribution < -0.4 is 11.1 Å². The molecule has 1 aromatic carbocycles. The number of rotatable bonds is 4. The molecule has 0 saturated heterocycles. The molecule has 0 aliphatic carbocycles. The van der Waals surface area contributed by atoms with Crippen LogP contribution in [0.2, 0.25) is 0 Å². The molecule has 0 fully saturated rings. The fourth-order valence-corrected chi connectivity index (χ4v) is 1.60. The molecule has 0 radical (unpaired) electrons. The molecular formula is C13H15N5O. The van der Waals surface area contributed by atoms with Crippen molar-refractivity contribution >= 4 is 23.5 Å². The minimum absolute atomic E-state index is 0.339. The predicted molar refractivity (Wildman–Crippen MR) is 75.5 cm³/mol. The number of nitrogens with one attached hydrogen (secondary N) is 1. The molecule has 1 heterocycles. The summed E-state index contributed by atoms with van der Waals surface area (Å²) in [4.78, 5) is 12.8. The van der Waals surface area contributed by atoms with Crippen molar-refractivity contribution in [2.75, 3.05) is 18.2 Å². The van der Waals surface area contributed by atoms with E-state index in [1.807, 2.05) is 31.2 Å². The Morgan fingerprint density at radius 1 is 1.37 bits per heavy atom. The number of aromatic nitrogens is 2. The second kappa shape index (κ2) is 5.81. The maximum absolute atomic E-state index is 5.81. The molecule has 6 heteroatoms.